The summed E-state index contributed by atoms with van der Waals surface area (Å²) in [6.07, 6.45) is 0. The molecule has 0 saturated carbocycles. The third-order valence-electron chi connectivity index (χ3n) is 4.62. The van der Waals surface area contributed by atoms with Gasteiger partial charge in [0.1, 0.15) is 5.75 Å². The average molecular weight is 483 g/mol. The number of nitrogens with zero attached hydrogens (tertiary/aromatic N) is 1. The number of rotatable bonds is 8. The summed E-state index contributed by atoms with van der Waals surface area (Å²) in [6, 6.07) is 5.70. The zero-order valence-electron chi connectivity index (χ0n) is 18.1. The van der Waals surface area contributed by atoms with Crippen LogP contribution in [0.2, 0.25) is 0 Å². The molecule has 1 amide bonds. The van der Waals surface area contributed by atoms with Crippen molar-refractivity contribution < 1.29 is 34.1 Å². The van der Waals surface area contributed by atoms with Crippen molar-refractivity contribution in [2.75, 3.05) is 17.9 Å². The van der Waals surface area contributed by atoms with Gasteiger partial charge in [0.15, 0.2) is 11.5 Å². The Balaban J connectivity index is 1.98. The topological polar surface area (TPSA) is 220 Å². The molecule has 0 radical (unpaired) electrons. The summed E-state index contributed by atoms with van der Waals surface area (Å²) < 4.78 is 5.18. The minimum Gasteiger partial charge on any atom is -0.494 e. The second kappa shape index (κ2) is 9.70. The maximum atomic E-state index is 12.8. The highest BCUT2D eigenvalue weighted by Gasteiger charge is 2.21. The summed E-state index contributed by atoms with van der Waals surface area (Å²) in [4.78, 5) is 75.3. The number of aromatic nitrogens is 2. The van der Waals surface area contributed by atoms with Crippen molar-refractivity contribution in [3.05, 3.63) is 62.2 Å². The Morgan fingerprint density at radius 2 is 1.54 bits per heavy atom. The van der Waals surface area contributed by atoms with Crippen LogP contribution in [0, 0.1) is 0 Å². The summed E-state index contributed by atoms with van der Waals surface area (Å²) >= 11 is 0. The zero-order chi connectivity index (χ0) is 25.9. The van der Waals surface area contributed by atoms with Crippen LogP contribution in [0.25, 0.3) is 11.0 Å². The molecule has 0 unspecified atom stereocenters. The Labute approximate surface area is 194 Å². The molecule has 3 rings (SSSR count). The van der Waals surface area contributed by atoms with Gasteiger partial charge in [-0.15, -0.1) is 0 Å². The van der Waals surface area contributed by atoms with Gasteiger partial charge in [0, 0.05) is 13.0 Å². The second-order valence-corrected chi connectivity index (χ2v) is 6.96. The van der Waals surface area contributed by atoms with E-state index in [9.17, 15) is 33.9 Å². The number of Topliss-reactive ketones (excluding diaryl/α,β-unsaturated/α-hetero) is 1. The quantitative estimate of drug-likeness (QED) is 0.113. The number of aromatic amines is 2. The van der Waals surface area contributed by atoms with E-state index < -0.39 is 40.5 Å². The van der Waals surface area contributed by atoms with Crippen LogP contribution in [-0.4, -0.2) is 56.6 Å². The molecule has 2 aromatic carbocycles. The van der Waals surface area contributed by atoms with E-state index in [4.69, 9.17) is 9.84 Å². The van der Waals surface area contributed by atoms with Gasteiger partial charge in [-0.2, -0.15) is 5.10 Å². The smallest absolute Gasteiger partial charge is 0.337 e. The van der Waals surface area contributed by atoms with Crippen molar-refractivity contribution in [1.29, 1.82) is 0 Å². The maximum Gasteiger partial charge on any atom is 0.337 e. The number of benzene rings is 2. The van der Waals surface area contributed by atoms with Crippen molar-refractivity contribution in [1.82, 2.24) is 9.97 Å². The summed E-state index contributed by atoms with van der Waals surface area (Å²) in [5.74, 6) is -4.49. The fourth-order valence-electron chi connectivity index (χ4n) is 2.95. The molecule has 14 heteroatoms. The monoisotopic (exact) mass is 483 g/mol. The number of carboxylic acids is 2. The van der Waals surface area contributed by atoms with E-state index in [1.165, 1.54) is 19.2 Å². The van der Waals surface area contributed by atoms with Crippen molar-refractivity contribution in [3.8, 4) is 5.75 Å². The summed E-state index contributed by atoms with van der Waals surface area (Å²) in [5, 5.41) is 24.5. The van der Waals surface area contributed by atoms with Gasteiger partial charge in [0.05, 0.1) is 40.6 Å². The summed E-state index contributed by atoms with van der Waals surface area (Å²) in [7, 11) is 1.28. The number of ether oxygens (including phenoxy) is 1. The molecule has 0 fully saturated rings. The molecule has 0 aliphatic heterocycles. The fourth-order valence-corrected chi connectivity index (χ4v) is 2.95. The number of carbonyl (C=O) groups is 4. The highest BCUT2D eigenvalue weighted by molar-refractivity contribution is 6.67. The second-order valence-electron chi connectivity index (χ2n) is 6.96. The highest BCUT2D eigenvalue weighted by Crippen LogP contribution is 2.28. The van der Waals surface area contributed by atoms with Crippen molar-refractivity contribution >= 4 is 51.7 Å². The van der Waals surface area contributed by atoms with Crippen LogP contribution in [-0.2, 0) is 9.59 Å². The number of methoxy groups -OCH3 is 1. The number of anilines is 2. The SMILES string of the molecule is COc1cc2[nH]c(=O)c(=O)[nH]c2cc1NC(=O)/C(=N\Nc1cc(C(=O)O)ccc1C(=O)O)C(C)=O. The molecule has 0 aliphatic carbocycles. The van der Waals surface area contributed by atoms with Gasteiger partial charge in [-0.05, 0) is 24.3 Å². The van der Waals surface area contributed by atoms with Crippen molar-refractivity contribution in [3.63, 3.8) is 0 Å². The average Bonchev–Trinajstić information content (AvgIpc) is 2.79. The molecule has 0 spiro atoms. The van der Waals surface area contributed by atoms with Crippen LogP contribution in [0.4, 0.5) is 11.4 Å². The molecule has 1 aromatic heterocycles. The lowest BCUT2D eigenvalue weighted by Gasteiger charge is -2.12. The van der Waals surface area contributed by atoms with Gasteiger partial charge in [0.2, 0.25) is 0 Å². The van der Waals surface area contributed by atoms with Gasteiger partial charge < -0.3 is 30.2 Å². The Morgan fingerprint density at radius 3 is 2.09 bits per heavy atom. The number of hydrogen-bond acceptors (Lipinski definition) is 9. The largest absolute Gasteiger partial charge is 0.494 e. The minimum atomic E-state index is -1.40. The lowest BCUT2D eigenvalue weighted by atomic mass is 10.1. The lowest BCUT2D eigenvalue weighted by molar-refractivity contribution is -0.114. The number of amides is 1. The molecule has 14 nitrogen and oxygen atoms in total. The van der Waals surface area contributed by atoms with E-state index in [1.807, 2.05) is 0 Å². The van der Waals surface area contributed by atoms with E-state index in [2.05, 4.69) is 25.8 Å². The van der Waals surface area contributed by atoms with Crippen LogP contribution in [0.1, 0.15) is 27.6 Å². The van der Waals surface area contributed by atoms with Crippen LogP contribution in [0.15, 0.2) is 45.0 Å². The first-order chi connectivity index (χ1) is 16.5. The lowest BCUT2D eigenvalue weighted by Crippen LogP contribution is -2.30. The van der Waals surface area contributed by atoms with Gasteiger partial charge >= 0.3 is 23.1 Å². The predicted octanol–water partition coefficient (Wildman–Crippen LogP) is 0.617. The van der Waals surface area contributed by atoms with Gasteiger partial charge in [-0.3, -0.25) is 24.6 Å². The normalized spacial score (nSPS) is 11.1. The Kier molecular flexibility index (Phi) is 6.75. The maximum absolute atomic E-state index is 12.8. The standard InChI is InChI=1S/C21H17N5O9/c1-8(27)16(26-25-11-5-9(20(31)32)3-4-10(11)21(33)34)17(28)24-14-6-12-13(7-15(14)35-2)23-19(30)18(29)22-12/h3-7,25H,1-2H3,(H,22,29)(H,23,30)(H,24,28)(H,31,32)(H,33,34)/b26-16-. The first kappa shape index (κ1) is 24.4. The van der Waals surface area contributed by atoms with Crippen molar-refractivity contribution in [2.45, 2.75) is 6.92 Å². The molecule has 3 aromatic rings. The van der Waals surface area contributed by atoms with Gasteiger partial charge in [0.25, 0.3) is 5.91 Å². The molecule has 0 bridgehead atoms. The molecular formula is C21H17N5O9. The third-order valence-corrected chi connectivity index (χ3v) is 4.62. The zero-order valence-corrected chi connectivity index (χ0v) is 18.1. The Hall–Kier alpha value is -5.27. The fraction of sp³-hybridized carbons (Fsp3) is 0.0952. The minimum absolute atomic E-state index is 0.0146. The summed E-state index contributed by atoms with van der Waals surface area (Å²) in [5.41, 5.74) is -0.731. The number of carbonyl (C=O) groups excluding carboxylic acids is 2. The van der Waals surface area contributed by atoms with Crippen molar-refractivity contribution in [2.24, 2.45) is 5.10 Å². The highest BCUT2D eigenvalue weighted by atomic mass is 16.5. The van der Waals surface area contributed by atoms with E-state index in [0.717, 1.165) is 25.1 Å². The van der Waals surface area contributed by atoms with Gasteiger partial charge in [-0.1, -0.05) is 0 Å². The predicted molar refractivity (Wildman–Crippen MR) is 122 cm³/mol. The molecule has 0 aliphatic rings. The Bertz CT molecular complexity index is 1530. The molecular weight excluding hydrogens is 466 g/mol. The third kappa shape index (κ3) is 5.22. The molecule has 180 valence electrons. The molecule has 0 saturated heterocycles. The number of carboxylic acid groups (broad SMARTS) is 2. The van der Waals surface area contributed by atoms with Gasteiger partial charge in [-0.25, -0.2) is 9.59 Å². The number of fused-ring (bicyclic) bond motifs is 1. The van der Waals surface area contributed by atoms with Crippen LogP contribution >= 0.6 is 0 Å². The van der Waals surface area contributed by atoms with Crippen LogP contribution < -0.4 is 26.6 Å². The number of H-pyrrole nitrogens is 2. The summed E-state index contributed by atoms with van der Waals surface area (Å²) in [6.45, 7) is 1.03. The first-order valence-corrected chi connectivity index (χ1v) is 9.62. The number of aromatic carboxylic acids is 2. The molecule has 1 heterocycles. The first-order valence-electron chi connectivity index (χ1n) is 9.62. The van der Waals surface area contributed by atoms with Crippen LogP contribution in [0.5, 0.6) is 5.75 Å². The van der Waals surface area contributed by atoms with E-state index >= 15 is 0 Å². The van der Waals surface area contributed by atoms with E-state index in [1.54, 1.807) is 0 Å². The number of ketones is 1. The molecule has 6 N–H and O–H groups in total. The van der Waals surface area contributed by atoms with E-state index in [0.29, 0.717) is 0 Å². The number of hydrogen-bond donors (Lipinski definition) is 6. The Morgan fingerprint density at radius 1 is 0.914 bits per heavy atom. The van der Waals surface area contributed by atoms with Crippen LogP contribution in [0.3, 0.4) is 0 Å². The number of nitrogens with one attached hydrogen (secondary N) is 4. The molecule has 35 heavy (non-hydrogen) atoms. The van der Waals surface area contributed by atoms with E-state index in [-0.39, 0.29) is 39.3 Å². The number of hydrazone groups is 1. The molecule has 0 atom stereocenters.